The van der Waals surface area contributed by atoms with E-state index in [4.69, 9.17) is 4.74 Å². The normalized spacial score (nSPS) is 13.3. The Bertz CT molecular complexity index is 734. The predicted octanol–water partition coefficient (Wildman–Crippen LogP) is 6.19. The summed E-state index contributed by atoms with van der Waals surface area (Å²) in [7, 11) is 0. The molecule has 0 fully saturated rings. The Labute approximate surface area is 151 Å². The molecule has 0 saturated carbocycles. The summed E-state index contributed by atoms with van der Waals surface area (Å²) in [6.45, 7) is 8.87. The summed E-state index contributed by atoms with van der Waals surface area (Å²) in [6, 6.07) is 2.83. The number of carbonyl (C=O) groups is 1. The van der Waals surface area contributed by atoms with E-state index in [-0.39, 0.29) is 11.3 Å². The van der Waals surface area contributed by atoms with Crippen molar-refractivity contribution in [3.63, 3.8) is 0 Å². The van der Waals surface area contributed by atoms with Gasteiger partial charge in [0.05, 0.1) is 0 Å². The first-order valence-electron chi connectivity index (χ1n) is 7.53. The minimum Gasteiger partial charge on any atom is -0.444 e. The third kappa shape index (κ3) is 4.92. The average Bonchev–Trinajstić information content (AvgIpc) is 2.45. The molecule has 1 aromatic rings. The summed E-state index contributed by atoms with van der Waals surface area (Å²) < 4.78 is 95.7. The maximum Gasteiger partial charge on any atom is 0.460 e. The largest absolute Gasteiger partial charge is 0.460 e. The van der Waals surface area contributed by atoms with E-state index in [0.717, 1.165) is 18.2 Å². The lowest BCUT2D eigenvalue weighted by molar-refractivity contribution is -0.338. The second-order valence-corrected chi connectivity index (χ2v) is 6.78. The van der Waals surface area contributed by atoms with Crippen LogP contribution in [-0.4, -0.2) is 29.7 Å². The molecule has 1 N–H and O–H groups in total. The van der Waals surface area contributed by atoms with Crippen LogP contribution in [0.15, 0.2) is 24.8 Å². The number of benzene rings is 1. The molecule has 0 unspecified atom stereocenters. The van der Waals surface area contributed by atoms with Crippen molar-refractivity contribution in [2.75, 3.05) is 5.32 Å². The Balaban J connectivity index is 3.12. The van der Waals surface area contributed by atoms with Gasteiger partial charge in [-0.1, -0.05) is 12.6 Å². The van der Waals surface area contributed by atoms with Gasteiger partial charge in [-0.25, -0.2) is 4.79 Å². The van der Waals surface area contributed by atoms with Gasteiger partial charge in [-0.2, -0.15) is 30.7 Å². The van der Waals surface area contributed by atoms with Gasteiger partial charge in [-0.3, -0.25) is 5.32 Å². The second-order valence-electron chi connectivity index (χ2n) is 6.78. The van der Waals surface area contributed by atoms with Crippen LogP contribution in [0.1, 0.15) is 31.9 Å². The number of aryl methyl sites for hydroxylation is 1. The molecule has 1 rings (SSSR count). The van der Waals surface area contributed by atoms with Crippen LogP contribution in [0.25, 0.3) is 5.57 Å². The van der Waals surface area contributed by atoms with Gasteiger partial charge in [0.25, 0.3) is 0 Å². The first kappa shape index (κ1) is 22.8. The van der Waals surface area contributed by atoms with Crippen molar-refractivity contribution in [1.29, 1.82) is 0 Å². The van der Waals surface area contributed by atoms with Gasteiger partial charge in [-0.15, -0.1) is 0 Å². The van der Waals surface area contributed by atoms with Crippen molar-refractivity contribution >= 4 is 17.4 Å². The van der Waals surface area contributed by atoms with Crippen LogP contribution in [0.5, 0.6) is 0 Å². The summed E-state index contributed by atoms with van der Waals surface area (Å²) in [5, 5.41) is 2.32. The summed E-state index contributed by atoms with van der Waals surface area (Å²) in [5.74, 6) is -11.9. The molecule has 0 atom stereocenters. The summed E-state index contributed by atoms with van der Waals surface area (Å²) >= 11 is 0. The van der Waals surface area contributed by atoms with E-state index < -0.39 is 40.9 Å². The van der Waals surface area contributed by atoms with Gasteiger partial charge in [0.1, 0.15) is 5.60 Å². The molecule has 27 heavy (non-hydrogen) atoms. The lowest BCUT2D eigenvalue weighted by Gasteiger charge is -2.29. The highest BCUT2D eigenvalue weighted by atomic mass is 19.4. The minimum absolute atomic E-state index is 0.103. The highest BCUT2D eigenvalue weighted by molar-refractivity contribution is 5.86. The van der Waals surface area contributed by atoms with E-state index in [1.807, 2.05) is 0 Å². The zero-order chi connectivity index (χ0) is 21.4. The predicted molar refractivity (Wildman–Crippen MR) is 86.0 cm³/mol. The number of ether oxygens (including phenoxy) is 1. The molecule has 0 bridgehead atoms. The number of allylic oxidation sites excluding steroid dienone is 1. The Morgan fingerprint density at radius 1 is 1.04 bits per heavy atom. The summed E-state index contributed by atoms with van der Waals surface area (Å²) in [6.07, 6.45) is -7.31. The maximum absolute atomic E-state index is 13.7. The van der Waals surface area contributed by atoms with E-state index in [2.05, 4.69) is 11.9 Å². The molecule has 10 heteroatoms. The van der Waals surface area contributed by atoms with Crippen molar-refractivity contribution in [1.82, 2.24) is 0 Å². The van der Waals surface area contributed by atoms with Crippen LogP contribution >= 0.6 is 0 Å². The molecule has 0 spiro atoms. The first-order valence-corrected chi connectivity index (χ1v) is 7.53. The molecule has 0 radical (unpaired) electrons. The molecule has 0 heterocycles. The van der Waals surface area contributed by atoms with Gasteiger partial charge < -0.3 is 4.74 Å². The van der Waals surface area contributed by atoms with Crippen LogP contribution in [0.3, 0.4) is 0 Å². The zero-order valence-corrected chi connectivity index (χ0v) is 14.9. The maximum atomic E-state index is 13.7. The van der Waals surface area contributed by atoms with Crippen LogP contribution < -0.4 is 5.32 Å². The number of hydrogen-bond acceptors (Lipinski definition) is 2. The number of hydrogen-bond donors (Lipinski definition) is 1. The molecule has 0 aliphatic carbocycles. The van der Waals surface area contributed by atoms with Crippen molar-refractivity contribution in [3.8, 4) is 0 Å². The minimum atomic E-state index is -6.45. The number of anilines is 1. The van der Waals surface area contributed by atoms with Crippen molar-refractivity contribution in [3.05, 3.63) is 35.9 Å². The fraction of sp³-hybridized carbons (Fsp3) is 0.471. The quantitative estimate of drug-likeness (QED) is 0.611. The van der Waals surface area contributed by atoms with E-state index in [1.165, 1.54) is 6.92 Å². The van der Waals surface area contributed by atoms with Gasteiger partial charge in [0.15, 0.2) is 0 Å². The number of carbonyl (C=O) groups excluding carboxylic acids is 1. The molecule has 1 amide bonds. The second kappa shape index (κ2) is 7.05. The Morgan fingerprint density at radius 2 is 1.56 bits per heavy atom. The molecule has 0 aliphatic heterocycles. The summed E-state index contributed by atoms with van der Waals surface area (Å²) in [5.41, 5.74) is -2.90. The summed E-state index contributed by atoms with van der Waals surface area (Å²) in [4.78, 5) is 11.7. The lowest BCUT2D eigenvalue weighted by Crippen LogP contribution is -2.52. The number of nitrogens with one attached hydrogen (secondary N) is 1. The van der Waals surface area contributed by atoms with Gasteiger partial charge in [-0.05, 0) is 51.0 Å². The van der Waals surface area contributed by atoms with E-state index in [0.29, 0.717) is 0 Å². The Hall–Kier alpha value is -2.26. The topological polar surface area (TPSA) is 38.3 Å². The standard InChI is InChI=1S/C17H18F7NO2/c1-9-8-11(6-7-12(9)25-13(26)27-14(3,4)5)10(2)15(18,19)16(20,21)17(22,23)24/h6-8H,2H2,1,3-5H3,(H,25,26). The number of halogens is 7. The van der Waals surface area contributed by atoms with Crippen molar-refractivity contribution in [2.45, 2.75) is 51.3 Å². The molecule has 152 valence electrons. The Kier molecular flexibility index (Phi) is 5.95. The molecular formula is C17H18F7NO2. The van der Waals surface area contributed by atoms with E-state index in [9.17, 15) is 35.5 Å². The molecule has 0 saturated heterocycles. The molecule has 3 nitrogen and oxygen atoms in total. The van der Waals surface area contributed by atoms with Crippen molar-refractivity contribution < 1.29 is 40.3 Å². The first-order chi connectivity index (χ1) is 11.9. The molecule has 0 aliphatic rings. The fourth-order valence-electron chi connectivity index (χ4n) is 1.95. The van der Waals surface area contributed by atoms with Gasteiger partial charge in [0, 0.05) is 11.3 Å². The highest BCUT2D eigenvalue weighted by Gasteiger charge is 2.73. The zero-order valence-electron chi connectivity index (χ0n) is 14.9. The smallest absolute Gasteiger partial charge is 0.444 e. The third-order valence-corrected chi connectivity index (χ3v) is 3.34. The van der Waals surface area contributed by atoms with Crippen LogP contribution in [0.4, 0.5) is 41.2 Å². The van der Waals surface area contributed by atoms with E-state index >= 15 is 0 Å². The molecular weight excluding hydrogens is 383 g/mol. The monoisotopic (exact) mass is 401 g/mol. The number of rotatable bonds is 4. The van der Waals surface area contributed by atoms with Crippen LogP contribution in [0.2, 0.25) is 0 Å². The third-order valence-electron chi connectivity index (χ3n) is 3.34. The SMILES string of the molecule is C=C(c1ccc(NC(=O)OC(C)(C)C)c(C)c1)C(F)(F)C(F)(F)C(F)(F)F. The average molecular weight is 401 g/mol. The molecule has 1 aromatic carbocycles. The highest BCUT2D eigenvalue weighted by Crippen LogP contribution is 2.51. The number of alkyl halides is 7. The van der Waals surface area contributed by atoms with E-state index in [1.54, 1.807) is 20.8 Å². The Morgan fingerprint density at radius 3 is 1.96 bits per heavy atom. The molecule has 0 aromatic heterocycles. The van der Waals surface area contributed by atoms with Crippen LogP contribution in [0, 0.1) is 6.92 Å². The number of amides is 1. The van der Waals surface area contributed by atoms with Gasteiger partial charge in [0.2, 0.25) is 0 Å². The van der Waals surface area contributed by atoms with Crippen LogP contribution in [-0.2, 0) is 4.74 Å². The lowest BCUT2D eigenvalue weighted by atomic mass is 9.94. The fourth-order valence-corrected chi connectivity index (χ4v) is 1.95. The van der Waals surface area contributed by atoms with Gasteiger partial charge >= 0.3 is 24.1 Å². The van der Waals surface area contributed by atoms with Crippen molar-refractivity contribution in [2.24, 2.45) is 0 Å².